The summed E-state index contributed by atoms with van der Waals surface area (Å²) in [7, 11) is 0. The van der Waals surface area contributed by atoms with Crippen molar-refractivity contribution in [2.24, 2.45) is 17.6 Å². The summed E-state index contributed by atoms with van der Waals surface area (Å²) in [6, 6.07) is 0.432. The third-order valence-electron chi connectivity index (χ3n) is 4.23. The summed E-state index contributed by atoms with van der Waals surface area (Å²) in [6.07, 6.45) is 8.17. The Bertz CT molecular complexity index is 216. The van der Waals surface area contributed by atoms with Crippen LogP contribution in [-0.4, -0.2) is 36.9 Å². The van der Waals surface area contributed by atoms with Crippen LogP contribution >= 0.6 is 0 Å². The second kappa shape index (κ2) is 5.78. The molecule has 0 atom stereocenters. The highest BCUT2D eigenvalue weighted by atomic mass is 16.1. The van der Waals surface area contributed by atoms with Crippen LogP contribution in [-0.2, 0) is 4.79 Å². The summed E-state index contributed by atoms with van der Waals surface area (Å²) in [6.45, 7) is 3.59. The fourth-order valence-corrected chi connectivity index (χ4v) is 3.01. The maximum absolute atomic E-state index is 10.7. The maximum Gasteiger partial charge on any atom is 0.123 e. The lowest BCUT2D eigenvalue weighted by atomic mass is 9.82. The van der Waals surface area contributed by atoms with Crippen molar-refractivity contribution in [1.29, 1.82) is 0 Å². The minimum atomic E-state index is 0.353. The number of nitrogens with zero attached hydrogens (tertiary/aromatic N) is 1. The third kappa shape index (κ3) is 3.29. The van der Waals surface area contributed by atoms with E-state index < -0.39 is 0 Å². The van der Waals surface area contributed by atoms with Crippen molar-refractivity contribution in [3.05, 3.63) is 0 Å². The smallest absolute Gasteiger partial charge is 0.123 e. The molecule has 1 saturated heterocycles. The molecule has 3 nitrogen and oxygen atoms in total. The lowest BCUT2D eigenvalue weighted by Gasteiger charge is -2.35. The molecular weight excluding hydrogens is 200 g/mol. The highest BCUT2D eigenvalue weighted by Gasteiger charge is 2.24. The van der Waals surface area contributed by atoms with Gasteiger partial charge in [0.2, 0.25) is 0 Å². The Labute approximate surface area is 98.4 Å². The van der Waals surface area contributed by atoms with Gasteiger partial charge in [0.1, 0.15) is 6.29 Å². The second-order valence-corrected chi connectivity index (χ2v) is 5.55. The largest absolute Gasteiger partial charge is 0.328 e. The molecule has 1 heterocycles. The van der Waals surface area contributed by atoms with E-state index in [2.05, 4.69) is 4.90 Å². The van der Waals surface area contributed by atoms with E-state index in [1.807, 2.05) is 0 Å². The molecule has 0 aromatic carbocycles. The van der Waals surface area contributed by atoms with E-state index in [-0.39, 0.29) is 0 Å². The molecule has 16 heavy (non-hydrogen) atoms. The van der Waals surface area contributed by atoms with Crippen LogP contribution in [0.3, 0.4) is 0 Å². The van der Waals surface area contributed by atoms with Crippen molar-refractivity contribution in [3.8, 4) is 0 Å². The van der Waals surface area contributed by atoms with Crippen molar-refractivity contribution in [2.75, 3.05) is 19.6 Å². The highest BCUT2D eigenvalue weighted by Crippen LogP contribution is 2.28. The van der Waals surface area contributed by atoms with E-state index in [0.717, 1.165) is 37.9 Å². The quantitative estimate of drug-likeness (QED) is 0.737. The first-order valence-corrected chi connectivity index (χ1v) is 6.71. The van der Waals surface area contributed by atoms with Crippen LogP contribution in [0.5, 0.6) is 0 Å². The zero-order valence-corrected chi connectivity index (χ0v) is 10.1. The van der Waals surface area contributed by atoms with Crippen molar-refractivity contribution in [2.45, 2.75) is 44.6 Å². The molecule has 0 amide bonds. The van der Waals surface area contributed by atoms with Gasteiger partial charge < -0.3 is 15.4 Å². The number of nitrogens with two attached hydrogens (primary N) is 1. The van der Waals surface area contributed by atoms with Crippen molar-refractivity contribution >= 4 is 6.29 Å². The number of aldehydes is 1. The average Bonchev–Trinajstić information content (AvgIpc) is 2.33. The van der Waals surface area contributed by atoms with E-state index in [0.29, 0.717) is 12.0 Å². The summed E-state index contributed by atoms with van der Waals surface area (Å²) in [5, 5.41) is 0. The lowest BCUT2D eigenvalue weighted by Crippen LogP contribution is -2.42. The van der Waals surface area contributed by atoms with Crippen molar-refractivity contribution in [1.82, 2.24) is 4.90 Å². The van der Waals surface area contributed by atoms with Gasteiger partial charge in [0.25, 0.3) is 0 Å². The molecule has 0 radical (unpaired) electrons. The van der Waals surface area contributed by atoms with Gasteiger partial charge in [0, 0.05) is 18.5 Å². The average molecular weight is 224 g/mol. The van der Waals surface area contributed by atoms with Crippen LogP contribution in [0.1, 0.15) is 38.5 Å². The Morgan fingerprint density at radius 2 is 1.69 bits per heavy atom. The number of piperidine rings is 1. The van der Waals surface area contributed by atoms with Crippen LogP contribution in [0, 0.1) is 11.8 Å². The van der Waals surface area contributed by atoms with Gasteiger partial charge in [0.15, 0.2) is 0 Å². The molecule has 0 bridgehead atoms. The summed E-state index contributed by atoms with van der Waals surface area (Å²) in [5.41, 5.74) is 5.90. The van der Waals surface area contributed by atoms with Gasteiger partial charge >= 0.3 is 0 Å². The molecule has 1 aliphatic carbocycles. The first-order chi connectivity index (χ1) is 7.78. The van der Waals surface area contributed by atoms with Gasteiger partial charge in [-0.25, -0.2) is 0 Å². The van der Waals surface area contributed by atoms with Crippen LogP contribution in [0.2, 0.25) is 0 Å². The fraction of sp³-hybridized carbons (Fsp3) is 0.923. The molecule has 2 rings (SSSR count). The maximum atomic E-state index is 10.7. The van der Waals surface area contributed by atoms with Gasteiger partial charge in [-0.3, -0.25) is 0 Å². The normalized spacial score (nSPS) is 33.8. The molecule has 0 aromatic heterocycles. The van der Waals surface area contributed by atoms with Crippen LogP contribution < -0.4 is 5.73 Å². The molecule has 0 spiro atoms. The molecule has 92 valence electrons. The molecule has 0 unspecified atom stereocenters. The van der Waals surface area contributed by atoms with Crippen LogP contribution in [0.4, 0.5) is 0 Å². The standard InChI is InChI=1S/C13H24N2O/c14-13-5-7-15(8-6-13)9-11-1-3-12(10-16)4-2-11/h10-13H,1-9,14H2. The van der Waals surface area contributed by atoms with Gasteiger partial charge in [0.05, 0.1) is 0 Å². The van der Waals surface area contributed by atoms with Crippen molar-refractivity contribution in [3.63, 3.8) is 0 Å². The Kier molecular flexibility index (Phi) is 4.36. The predicted molar refractivity (Wildman–Crippen MR) is 65.2 cm³/mol. The number of carbonyl (C=O) groups excluding carboxylic acids is 1. The predicted octanol–water partition coefficient (Wildman–Crippen LogP) is 1.41. The summed E-state index contributed by atoms with van der Waals surface area (Å²) >= 11 is 0. The van der Waals surface area contributed by atoms with E-state index >= 15 is 0 Å². The first-order valence-electron chi connectivity index (χ1n) is 6.71. The second-order valence-electron chi connectivity index (χ2n) is 5.55. The highest BCUT2D eigenvalue weighted by molar-refractivity contribution is 5.53. The molecule has 2 aliphatic rings. The van der Waals surface area contributed by atoms with Gasteiger partial charge in [-0.15, -0.1) is 0 Å². The summed E-state index contributed by atoms with van der Waals surface area (Å²) in [5.74, 6) is 1.18. The molecule has 2 N–H and O–H groups in total. The molecule has 1 saturated carbocycles. The van der Waals surface area contributed by atoms with E-state index in [4.69, 9.17) is 5.73 Å². The zero-order chi connectivity index (χ0) is 11.4. The number of hydrogen-bond donors (Lipinski definition) is 1. The Balaban J connectivity index is 1.68. The third-order valence-corrected chi connectivity index (χ3v) is 4.23. The Hall–Kier alpha value is -0.410. The molecule has 2 fully saturated rings. The zero-order valence-electron chi connectivity index (χ0n) is 10.1. The number of carbonyl (C=O) groups is 1. The van der Waals surface area contributed by atoms with E-state index in [1.54, 1.807) is 0 Å². The fourth-order valence-electron chi connectivity index (χ4n) is 3.01. The Morgan fingerprint density at radius 1 is 1.06 bits per heavy atom. The molecular formula is C13H24N2O. The van der Waals surface area contributed by atoms with E-state index in [9.17, 15) is 4.79 Å². The molecule has 0 aromatic rings. The van der Waals surface area contributed by atoms with Crippen LogP contribution in [0.25, 0.3) is 0 Å². The minimum absolute atomic E-state index is 0.353. The molecule has 3 heteroatoms. The van der Waals surface area contributed by atoms with E-state index in [1.165, 1.54) is 32.5 Å². The van der Waals surface area contributed by atoms with Gasteiger partial charge in [-0.05, 0) is 57.5 Å². The first kappa shape index (κ1) is 12.1. The Morgan fingerprint density at radius 3 is 2.25 bits per heavy atom. The van der Waals surface area contributed by atoms with Gasteiger partial charge in [-0.2, -0.15) is 0 Å². The summed E-state index contributed by atoms with van der Waals surface area (Å²) in [4.78, 5) is 13.2. The summed E-state index contributed by atoms with van der Waals surface area (Å²) < 4.78 is 0. The minimum Gasteiger partial charge on any atom is -0.328 e. The van der Waals surface area contributed by atoms with Crippen LogP contribution in [0.15, 0.2) is 0 Å². The number of hydrogen-bond acceptors (Lipinski definition) is 3. The number of likely N-dealkylation sites (tertiary alicyclic amines) is 1. The molecule has 1 aliphatic heterocycles. The SMILES string of the molecule is NC1CCN(CC2CCC(C=O)CC2)CC1. The van der Waals surface area contributed by atoms with Crippen molar-refractivity contribution < 1.29 is 4.79 Å². The monoisotopic (exact) mass is 224 g/mol. The lowest BCUT2D eigenvalue weighted by molar-refractivity contribution is -0.112. The van der Waals surface area contributed by atoms with Gasteiger partial charge in [-0.1, -0.05) is 0 Å². The topological polar surface area (TPSA) is 46.3 Å². The number of rotatable bonds is 3.